The van der Waals surface area contributed by atoms with Gasteiger partial charge in [-0.05, 0) is 42.0 Å². The number of anilines is 1. The van der Waals surface area contributed by atoms with Gasteiger partial charge in [0.2, 0.25) is 12.7 Å². The molecule has 1 fully saturated rings. The van der Waals surface area contributed by atoms with Crippen molar-refractivity contribution in [3.8, 4) is 28.7 Å². The lowest BCUT2D eigenvalue weighted by Crippen LogP contribution is -2.49. The number of phenolic OH excluding ortho intramolecular Hbond substituents is 1. The third kappa shape index (κ3) is 5.07. The number of carbonyl (C=O) groups is 1. The van der Waals surface area contributed by atoms with Crippen LogP contribution in [0.5, 0.6) is 28.7 Å². The highest BCUT2D eigenvalue weighted by molar-refractivity contribution is 5.79. The van der Waals surface area contributed by atoms with E-state index in [1.807, 2.05) is 23.1 Å². The second-order valence-corrected chi connectivity index (χ2v) is 8.98. The van der Waals surface area contributed by atoms with Gasteiger partial charge in [0, 0.05) is 61.9 Å². The first-order valence-electron chi connectivity index (χ1n) is 12.1. The van der Waals surface area contributed by atoms with Crippen molar-refractivity contribution >= 4 is 11.6 Å². The van der Waals surface area contributed by atoms with Crippen LogP contribution in [0.25, 0.3) is 0 Å². The van der Waals surface area contributed by atoms with Crippen LogP contribution in [0.2, 0.25) is 0 Å². The summed E-state index contributed by atoms with van der Waals surface area (Å²) in [7, 11) is 3.03. The first-order valence-corrected chi connectivity index (χ1v) is 12.1. The fourth-order valence-electron chi connectivity index (χ4n) is 4.91. The Kier molecular flexibility index (Phi) is 6.94. The number of amides is 1. The van der Waals surface area contributed by atoms with Crippen molar-refractivity contribution < 1.29 is 33.2 Å². The van der Waals surface area contributed by atoms with Gasteiger partial charge in [0.15, 0.2) is 11.5 Å². The molecule has 2 heterocycles. The van der Waals surface area contributed by atoms with Gasteiger partial charge in [-0.2, -0.15) is 0 Å². The van der Waals surface area contributed by atoms with E-state index in [-0.39, 0.29) is 30.7 Å². The second kappa shape index (κ2) is 10.5. The van der Waals surface area contributed by atoms with E-state index >= 15 is 0 Å². The van der Waals surface area contributed by atoms with Gasteiger partial charge in [0.05, 0.1) is 14.2 Å². The van der Waals surface area contributed by atoms with Crippen molar-refractivity contribution in [3.63, 3.8) is 0 Å². The number of aromatic hydroxyl groups is 1. The van der Waals surface area contributed by atoms with Crippen LogP contribution in [0.1, 0.15) is 23.5 Å². The van der Waals surface area contributed by atoms with Crippen molar-refractivity contribution in [1.82, 2.24) is 4.90 Å². The molecule has 1 unspecified atom stereocenters. The number of halogens is 1. The number of hydrogen-bond acceptors (Lipinski definition) is 7. The Hall–Kier alpha value is -4.14. The summed E-state index contributed by atoms with van der Waals surface area (Å²) >= 11 is 0. The van der Waals surface area contributed by atoms with Crippen LogP contribution in [0.15, 0.2) is 54.6 Å². The van der Waals surface area contributed by atoms with E-state index in [9.17, 15) is 14.3 Å². The molecule has 0 spiro atoms. The van der Waals surface area contributed by atoms with Gasteiger partial charge >= 0.3 is 0 Å². The molecule has 1 atom stereocenters. The molecule has 3 aromatic carbocycles. The zero-order chi connectivity index (χ0) is 25.9. The summed E-state index contributed by atoms with van der Waals surface area (Å²) in [6, 6.07) is 15.1. The molecule has 3 aromatic rings. The zero-order valence-electron chi connectivity index (χ0n) is 20.8. The lowest BCUT2D eigenvalue weighted by atomic mass is 9.86. The summed E-state index contributed by atoms with van der Waals surface area (Å²) < 4.78 is 35.2. The SMILES string of the molecule is COc1cc(O)c(C(CC(=O)N2CCN(c3ccc(F)cc3)CC2)c2ccc3c(c2)OCO3)c(OC)c1. The molecule has 8 nitrogen and oxygen atoms in total. The van der Waals surface area contributed by atoms with E-state index in [0.29, 0.717) is 54.7 Å². The van der Waals surface area contributed by atoms with Gasteiger partial charge in [-0.1, -0.05) is 6.07 Å². The van der Waals surface area contributed by atoms with Crippen molar-refractivity contribution in [3.05, 3.63) is 71.5 Å². The highest BCUT2D eigenvalue weighted by Crippen LogP contribution is 2.45. The Balaban J connectivity index is 1.40. The van der Waals surface area contributed by atoms with Gasteiger partial charge in [0.25, 0.3) is 0 Å². The molecule has 1 saturated heterocycles. The van der Waals surface area contributed by atoms with Crippen LogP contribution in [-0.4, -0.2) is 63.1 Å². The predicted octanol–water partition coefficient (Wildman–Crippen LogP) is 4.15. The largest absolute Gasteiger partial charge is 0.507 e. The molecular formula is C28H29FN2O6. The Labute approximate surface area is 214 Å². The van der Waals surface area contributed by atoms with Crippen molar-refractivity contribution in [2.75, 3.05) is 52.1 Å². The lowest BCUT2D eigenvalue weighted by Gasteiger charge is -2.37. The Morgan fingerprint density at radius 1 is 0.973 bits per heavy atom. The molecule has 0 aliphatic carbocycles. The monoisotopic (exact) mass is 508 g/mol. The summed E-state index contributed by atoms with van der Waals surface area (Å²) in [5.74, 6) is 1.26. The van der Waals surface area contributed by atoms with E-state index < -0.39 is 5.92 Å². The normalized spacial score (nSPS) is 15.4. The summed E-state index contributed by atoms with van der Waals surface area (Å²) in [5.41, 5.74) is 2.22. The number of piperazine rings is 1. The molecule has 0 radical (unpaired) electrons. The highest BCUT2D eigenvalue weighted by Gasteiger charge is 2.30. The Morgan fingerprint density at radius 2 is 1.70 bits per heavy atom. The van der Waals surface area contributed by atoms with Crippen LogP contribution >= 0.6 is 0 Å². The van der Waals surface area contributed by atoms with Gasteiger partial charge in [-0.25, -0.2) is 4.39 Å². The van der Waals surface area contributed by atoms with Gasteiger partial charge < -0.3 is 33.9 Å². The zero-order valence-corrected chi connectivity index (χ0v) is 20.8. The minimum absolute atomic E-state index is 0.0206. The molecule has 194 valence electrons. The van der Waals surface area contributed by atoms with Crippen LogP contribution in [0, 0.1) is 5.82 Å². The minimum atomic E-state index is -0.502. The van der Waals surface area contributed by atoms with Gasteiger partial charge in [0.1, 0.15) is 23.1 Å². The highest BCUT2D eigenvalue weighted by atomic mass is 19.1. The molecule has 5 rings (SSSR count). The summed E-state index contributed by atoms with van der Waals surface area (Å²) in [6.07, 6.45) is 0.118. The van der Waals surface area contributed by atoms with Gasteiger partial charge in [-0.15, -0.1) is 0 Å². The van der Waals surface area contributed by atoms with E-state index in [1.54, 1.807) is 18.2 Å². The van der Waals surface area contributed by atoms with Crippen molar-refractivity contribution in [2.24, 2.45) is 0 Å². The fourth-order valence-corrected chi connectivity index (χ4v) is 4.91. The molecule has 0 saturated carbocycles. The lowest BCUT2D eigenvalue weighted by molar-refractivity contribution is -0.131. The summed E-state index contributed by atoms with van der Waals surface area (Å²) in [5, 5.41) is 11.0. The van der Waals surface area contributed by atoms with E-state index in [4.69, 9.17) is 18.9 Å². The molecule has 37 heavy (non-hydrogen) atoms. The number of nitrogens with zero attached hydrogens (tertiary/aromatic N) is 2. The predicted molar refractivity (Wildman–Crippen MR) is 135 cm³/mol. The number of hydrogen-bond donors (Lipinski definition) is 1. The van der Waals surface area contributed by atoms with Crippen LogP contribution in [0.3, 0.4) is 0 Å². The maximum absolute atomic E-state index is 13.6. The number of methoxy groups -OCH3 is 2. The number of fused-ring (bicyclic) bond motifs is 1. The summed E-state index contributed by atoms with van der Waals surface area (Å²) in [4.78, 5) is 17.5. The average Bonchev–Trinajstić information content (AvgIpc) is 3.40. The molecule has 1 N–H and O–H groups in total. The van der Waals surface area contributed by atoms with Crippen LogP contribution < -0.4 is 23.8 Å². The summed E-state index contributed by atoms with van der Waals surface area (Å²) in [6.45, 7) is 2.50. The number of benzene rings is 3. The smallest absolute Gasteiger partial charge is 0.231 e. The van der Waals surface area contributed by atoms with E-state index in [0.717, 1.165) is 11.3 Å². The van der Waals surface area contributed by atoms with Crippen molar-refractivity contribution in [2.45, 2.75) is 12.3 Å². The quantitative estimate of drug-likeness (QED) is 0.514. The number of phenols is 1. The number of ether oxygens (including phenoxy) is 4. The Morgan fingerprint density at radius 3 is 2.41 bits per heavy atom. The fraction of sp³-hybridized carbons (Fsp3) is 0.321. The maximum atomic E-state index is 13.6. The molecule has 2 aliphatic rings. The number of rotatable bonds is 7. The van der Waals surface area contributed by atoms with Crippen LogP contribution in [0.4, 0.5) is 10.1 Å². The average molecular weight is 509 g/mol. The van der Waals surface area contributed by atoms with Gasteiger partial charge in [-0.3, -0.25) is 4.79 Å². The molecular weight excluding hydrogens is 479 g/mol. The van der Waals surface area contributed by atoms with Crippen molar-refractivity contribution in [1.29, 1.82) is 0 Å². The van der Waals surface area contributed by atoms with Crippen LogP contribution in [-0.2, 0) is 4.79 Å². The first-order chi connectivity index (χ1) is 18.0. The third-order valence-electron chi connectivity index (χ3n) is 6.90. The molecule has 2 aliphatic heterocycles. The standard InChI is InChI=1S/C28H29FN2O6/c1-34-21-14-23(32)28(26(15-21)35-2)22(18-3-8-24-25(13-18)37-17-36-24)16-27(33)31-11-9-30(10-12-31)20-6-4-19(29)5-7-20/h3-8,13-15,22,32H,9-12,16-17H2,1-2H3. The van der Waals surface area contributed by atoms with E-state index in [1.165, 1.54) is 32.4 Å². The molecule has 1 amide bonds. The van der Waals surface area contributed by atoms with E-state index in [2.05, 4.69) is 4.90 Å². The Bertz CT molecular complexity index is 1270. The molecule has 0 bridgehead atoms. The maximum Gasteiger partial charge on any atom is 0.231 e. The number of carbonyl (C=O) groups excluding carboxylic acids is 1. The second-order valence-electron chi connectivity index (χ2n) is 8.98. The molecule has 0 aromatic heterocycles. The topological polar surface area (TPSA) is 80.7 Å². The first kappa shape index (κ1) is 24.5. The third-order valence-corrected chi connectivity index (χ3v) is 6.90. The molecule has 9 heteroatoms. The minimum Gasteiger partial charge on any atom is -0.507 e.